The number of nitrogens with two attached hydrogens (primary N) is 1. The molecule has 1 aromatic rings. The Hall–Kier alpha value is -1.30. The number of aromatic nitrogens is 1. The predicted octanol–water partition coefficient (Wildman–Crippen LogP) is 3.20. The number of anilines is 2. The molecule has 0 radical (unpaired) electrons. The summed E-state index contributed by atoms with van der Waals surface area (Å²) in [4.78, 5) is 19.2. The first-order valence-corrected chi connectivity index (χ1v) is 8.14. The van der Waals surface area contributed by atoms with Crippen molar-refractivity contribution in [3.8, 4) is 0 Å². The van der Waals surface area contributed by atoms with Crippen molar-refractivity contribution in [2.75, 3.05) is 24.1 Å². The Morgan fingerprint density at radius 3 is 2.65 bits per heavy atom. The molecular formula is C14H26N4OS. The molecule has 0 saturated carbocycles. The van der Waals surface area contributed by atoms with Crippen LogP contribution in [0.2, 0.25) is 0 Å². The van der Waals surface area contributed by atoms with Crippen LogP contribution in [0.1, 0.15) is 56.6 Å². The Labute approximate surface area is 125 Å². The summed E-state index contributed by atoms with van der Waals surface area (Å²) in [6, 6.07) is 0.170. The van der Waals surface area contributed by atoms with E-state index in [2.05, 4.69) is 17.2 Å². The monoisotopic (exact) mass is 298 g/mol. The molecule has 0 atom stereocenters. The van der Waals surface area contributed by atoms with Gasteiger partial charge in [0.2, 0.25) is 0 Å². The van der Waals surface area contributed by atoms with E-state index in [1.165, 1.54) is 11.3 Å². The minimum absolute atomic E-state index is 0.00439. The molecule has 20 heavy (non-hydrogen) atoms. The average Bonchev–Trinajstić information content (AvgIpc) is 2.75. The third-order valence-corrected chi connectivity index (χ3v) is 4.08. The van der Waals surface area contributed by atoms with Gasteiger partial charge < -0.3 is 16.0 Å². The van der Waals surface area contributed by atoms with E-state index in [4.69, 9.17) is 5.73 Å². The Morgan fingerprint density at radius 1 is 1.40 bits per heavy atom. The van der Waals surface area contributed by atoms with E-state index in [9.17, 15) is 4.79 Å². The van der Waals surface area contributed by atoms with Crippen LogP contribution < -0.4 is 11.1 Å². The third kappa shape index (κ3) is 4.37. The number of nitrogen functional groups attached to an aromatic ring is 1. The lowest BCUT2D eigenvalue weighted by Gasteiger charge is -2.26. The van der Waals surface area contributed by atoms with E-state index in [-0.39, 0.29) is 11.9 Å². The lowest BCUT2D eigenvalue weighted by Crippen LogP contribution is -2.37. The summed E-state index contributed by atoms with van der Waals surface area (Å²) in [5, 5.41) is 3.81. The molecule has 0 saturated heterocycles. The van der Waals surface area contributed by atoms with Crippen molar-refractivity contribution < 1.29 is 4.79 Å². The van der Waals surface area contributed by atoms with Gasteiger partial charge in [-0.2, -0.15) is 0 Å². The minimum Gasteiger partial charge on any atom is -0.382 e. The van der Waals surface area contributed by atoms with E-state index in [0.29, 0.717) is 15.8 Å². The van der Waals surface area contributed by atoms with Crippen LogP contribution in [0.5, 0.6) is 0 Å². The van der Waals surface area contributed by atoms with Crippen molar-refractivity contribution in [3.05, 3.63) is 4.88 Å². The first-order valence-electron chi connectivity index (χ1n) is 7.32. The lowest BCUT2D eigenvalue weighted by atomic mass is 10.2. The highest BCUT2D eigenvalue weighted by molar-refractivity contribution is 7.18. The number of nitrogens with one attached hydrogen (secondary N) is 1. The van der Waals surface area contributed by atoms with Crippen molar-refractivity contribution in [1.29, 1.82) is 0 Å². The number of hydrogen-bond acceptors (Lipinski definition) is 5. The third-order valence-electron chi connectivity index (χ3n) is 3.06. The molecule has 0 aliphatic rings. The summed E-state index contributed by atoms with van der Waals surface area (Å²) in [5.74, 6) is 0.326. The van der Waals surface area contributed by atoms with Gasteiger partial charge in [0.25, 0.3) is 5.91 Å². The zero-order valence-electron chi connectivity index (χ0n) is 12.9. The van der Waals surface area contributed by atoms with E-state index < -0.39 is 0 Å². The molecule has 1 heterocycles. The van der Waals surface area contributed by atoms with Gasteiger partial charge in [0.15, 0.2) is 5.13 Å². The Bertz CT molecular complexity index is 431. The number of carbonyl (C=O) groups excluding carboxylic acids is 1. The number of unbranched alkanes of at least 4 members (excludes halogenated alkanes) is 2. The number of thiazole rings is 1. The summed E-state index contributed by atoms with van der Waals surface area (Å²) in [6.07, 6.45) is 3.31. The molecule has 0 unspecified atom stereocenters. The van der Waals surface area contributed by atoms with E-state index in [1.807, 2.05) is 25.7 Å². The maximum atomic E-state index is 12.6. The van der Waals surface area contributed by atoms with Crippen LogP contribution in [0.25, 0.3) is 0 Å². The largest absolute Gasteiger partial charge is 0.382 e. The molecule has 0 aliphatic heterocycles. The first kappa shape index (κ1) is 16.8. The molecule has 3 N–H and O–H groups in total. The highest BCUT2D eigenvalue weighted by Gasteiger charge is 2.23. The molecular weight excluding hydrogens is 272 g/mol. The second kappa shape index (κ2) is 8.09. The quantitative estimate of drug-likeness (QED) is 0.723. The van der Waals surface area contributed by atoms with Gasteiger partial charge in [-0.3, -0.25) is 4.79 Å². The SMILES string of the molecule is CCCCCN(C(=O)c1sc(NCC)nc1N)C(C)C. The van der Waals surface area contributed by atoms with Gasteiger partial charge in [0.1, 0.15) is 10.7 Å². The maximum absolute atomic E-state index is 12.6. The van der Waals surface area contributed by atoms with Crippen LogP contribution in [0.4, 0.5) is 10.9 Å². The number of rotatable bonds is 8. The van der Waals surface area contributed by atoms with Gasteiger partial charge in [0, 0.05) is 19.1 Å². The molecule has 5 nitrogen and oxygen atoms in total. The van der Waals surface area contributed by atoms with E-state index in [0.717, 1.165) is 32.4 Å². The lowest BCUT2D eigenvalue weighted by molar-refractivity contribution is 0.0708. The second-order valence-corrected chi connectivity index (χ2v) is 6.06. The standard InChI is InChI=1S/C14H26N4OS/c1-5-7-8-9-18(10(3)4)13(19)11-12(15)17-14(20-11)16-6-2/h10H,5-9,15H2,1-4H3,(H,16,17). The van der Waals surface area contributed by atoms with Crippen LogP contribution in [-0.4, -0.2) is 34.9 Å². The van der Waals surface area contributed by atoms with Crippen LogP contribution in [0.3, 0.4) is 0 Å². The topological polar surface area (TPSA) is 71.2 Å². The maximum Gasteiger partial charge on any atom is 0.268 e. The van der Waals surface area contributed by atoms with Gasteiger partial charge in [-0.15, -0.1) is 0 Å². The molecule has 0 fully saturated rings. The van der Waals surface area contributed by atoms with Crippen LogP contribution in [0.15, 0.2) is 0 Å². The fraction of sp³-hybridized carbons (Fsp3) is 0.714. The predicted molar refractivity (Wildman–Crippen MR) is 86.4 cm³/mol. The zero-order chi connectivity index (χ0) is 15.1. The van der Waals surface area contributed by atoms with Crippen LogP contribution >= 0.6 is 11.3 Å². The van der Waals surface area contributed by atoms with E-state index >= 15 is 0 Å². The van der Waals surface area contributed by atoms with Crippen LogP contribution in [-0.2, 0) is 0 Å². The molecule has 0 aliphatic carbocycles. The van der Waals surface area contributed by atoms with Crippen LogP contribution in [0, 0.1) is 0 Å². The fourth-order valence-corrected chi connectivity index (χ4v) is 2.88. The Balaban J connectivity index is 2.83. The molecule has 6 heteroatoms. The number of carbonyl (C=O) groups is 1. The number of hydrogen-bond donors (Lipinski definition) is 2. The van der Waals surface area contributed by atoms with Crippen molar-refractivity contribution in [3.63, 3.8) is 0 Å². The normalized spacial score (nSPS) is 10.8. The van der Waals surface area contributed by atoms with E-state index in [1.54, 1.807) is 0 Å². The summed E-state index contributed by atoms with van der Waals surface area (Å²) in [5.41, 5.74) is 5.88. The van der Waals surface area contributed by atoms with Gasteiger partial charge in [-0.1, -0.05) is 31.1 Å². The molecule has 0 bridgehead atoms. The number of nitrogens with zero attached hydrogens (tertiary/aromatic N) is 2. The molecule has 0 aromatic carbocycles. The highest BCUT2D eigenvalue weighted by atomic mass is 32.1. The van der Waals surface area contributed by atoms with Gasteiger partial charge in [-0.25, -0.2) is 4.98 Å². The summed E-state index contributed by atoms with van der Waals surface area (Å²) in [7, 11) is 0. The average molecular weight is 298 g/mol. The smallest absolute Gasteiger partial charge is 0.268 e. The summed E-state index contributed by atoms with van der Waals surface area (Å²) in [6.45, 7) is 9.76. The Kier molecular flexibility index (Phi) is 6.78. The fourth-order valence-electron chi connectivity index (χ4n) is 1.97. The summed E-state index contributed by atoms with van der Waals surface area (Å²) >= 11 is 1.34. The van der Waals surface area contributed by atoms with Gasteiger partial charge >= 0.3 is 0 Å². The second-order valence-electron chi connectivity index (χ2n) is 5.06. The molecule has 114 valence electrons. The number of amides is 1. The van der Waals surface area contributed by atoms with Crippen molar-refractivity contribution in [2.24, 2.45) is 0 Å². The zero-order valence-corrected chi connectivity index (χ0v) is 13.7. The van der Waals surface area contributed by atoms with Gasteiger partial charge in [0.05, 0.1) is 0 Å². The molecule has 1 aromatic heterocycles. The van der Waals surface area contributed by atoms with Crippen molar-refractivity contribution in [2.45, 2.75) is 53.0 Å². The summed E-state index contributed by atoms with van der Waals surface area (Å²) < 4.78 is 0. The molecule has 1 rings (SSSR count). The highest BCUT2D eigenvalue weighted by Crippen LogP contribution is 2.27. The minimum atomic E-state index is -0.00439. The van der Waals surface area contributed by atoms with Crippen molar-refractivity contribution in [1.82, 2.24) is 9.88 Å². The Morgan fingerprint density at radius 2 is 2.10 bits per heavy atom. The molecule has 0 spiro atoms. The first-order chi connectivity index (χ1) is 9.51. The van der Waals surface area contributed by atoms with Gasteiger partial charge in [-0.05, 0) is 27.2 Å². The van der Waals surface area contributed by atoms with Crippen molar-refractivity contribution >= 4 is 28.2 Å². The molecule has 1 amide bonds.